The molecule has 31 heavy (non-hydrogen) atoms. The van der Waals surface area contributed by atoms with Gasteiger partial charge in [0.05, 0.1) is 0 Å². The van der Waals surface area contributed by atoms with Crippen molar-refractivity contribution in [1.29, 1.82) is 0 Å². The van der Waals surface area contributed by atoms with E-state index >= 15 is 0 Å². The van der Waals surface area contributed by atoms with E-state index in [4.69, 9.17) is 16.3 Å². The van der Waals surface area contributed by atoms with Gasteiger partial charge in [-0.15, -0.1) is 0 Å². The SMILES string of the molecule is O=C(NCc1ccccc1)c1ccc(Oc2nccnc2Sc2ccc(Cl)cc2)cc1. The van der Waals surface area contributed by atoms with E-state index in [0.717, 1.165) is 10.5 Å². The smallest absolute Gasteiger partial charge is 0.252 e. The van der Waals surface area contributed by atoms with Crippen molar-refractivity contribution in [2.45, 2.75) is 16.5 Å². The zero-order valence-electron chi connectivity index (χ0n) is 16.4. The number of hydrogen-bond donors (Lipinski definition) is 1. The zero-order valence-corrected chi connectivity index (χ0v) is 17.9. The van der Waals surface area contributed by atoms with Gasteiger partial charge in [-0.05, 0) is 54.1 Å². The fourth-order valence-corrected chi connectivity index (χ4v) is 3.65. The molecule has 0 unspecified atom stereocenters. The van der Waals surface area contributed by atoms with Crippen LogP contribution in [0.15, 0.2) is 101 Å². The van der Waals surface area contributed by atoms with Gasteiger partial charge >= 0.3 is 0 Å². The molecule has 0 atom stereocenters. The number of nitrogens with zero attached hydrogens (tertiary/aromatic N) is 2. The molecule has 3 aromatic carbocycles. The van der Waals surface area contributed by atoms with Crippen LogP contribution in [0, 0.1) is 0 Å². The Morgan fingerprint density at radius 3 is 2.35 bits per heavy atom. The summed E-state index contributed by atoms with van der Waals surface area (Å²) in [6.45, 7) is 0.475. The minimum Gasteiger partial charge on any atom is -0.437 e. The van der Waals surface area contributed by atoms with Crippen LogP contribution in [0.4, 0.5) is 0 Å². The summed E-state index contributed by atoms with van der Waals surface area (Å²) in [6, 6.07) is 24.2. The fourth-order valence-electron chi connectivity index (χ4n) is 2.73. The van der Waals surface area contributed by atoms with Crippen molar-refractivity contribution >= 4 is 29.3 Å². The van der Waals surface area contributed by atoms with Gasteiger partial charge in [0.25, 0.3) is 11.8 Å². The summed E-state index contributed by atoms with van der Waals surface area (Å²) in [5.41, 5.74) is 1.60. The van der Waals surface area contributed by atoms with Crippen molar-refractivity contribution in [3.63, 3.8) is 0 Å². The highest BCUT2D eigenvalue weighted by atomic mass is 35.5. The first-order chi connectivity index (χ1) is 15.2. The number of rotatable bonds is 7. The highest BCUT2D eigenvalue weighted by Gasteiger charge is 2.11. The third kappa shape index (κ3) is 5.84. The van der Waals surface area contributed by atoms with Gasteiger partial charge in [0.1, 0.15) is 5.75 Å². The van der Waals surface area contributed by atoms with E-state index in [-0.39, 0.29) is 5.91 Å². The molecule has 1 amide bonds. The lowest BCUT2D eigenvalue weighted by atomic mass is 10.2. The predicted octanol–water partition coefficient (Wildman–Crippen LogP) is 6.00. The number of nitrogens with one attached hydrogen (secondary N) is 1. The summed E-state index contributed by atoms with van der Waals surface area (Å²) in [6.07, 6.45) is 3.19. The van der Waals surface area contributed by atoms with Gasteiger partial charge in [-0.2, -0.15) is 0 Å². The first kappa shape index (κ1) is 20.9. The van der Waals surface area contributed by atoms with Gasteiger partial charge in [-0.3, -0.25) is 4.79 Å². The van der Waals surface area contributed by atoms with Crippen LogP contribution in [-0.4, -0.2) is 15.9 Å². The summed E-state index contributed by atoms with van der Waals surface area (Å²) in [5.74, 6) is 0.815. The molecule has 4 aromatic rings. The van der Waals surface area contributed by atoms with E-state index in [1.807, 2.05) is 54.6 Å². The first-order valence-corrected chi connectivity index (χ1v) is 10.7. The Bertz CT molecular complexity index is 1150. The Balaban J connectivity index is 1.41. The zero-order chi connectivity index (χ0) is 21.5. The number of amides is 1. The molecular formula is C24H18ClN3O2S. The fraction of sp³-hybridized carbons (Fsp3) is 0.0417. The maximum absolute atomic E-state index is 12.4. The van der Waals surface area contributed by atoms with Crippen molar-refractivity contribution in [1.82, 2.24) is 15.3 Å². The van der Waals surface area contributed by atoms with E-state index in [1.165, 1.54) is 11.8 Å². The number of benzene rings is 3. The third-order valence-corrected chi connectivity index (χ3v) is 5.52. The summed E-state index contributed by atoms with van der Waals surface area (Å²) in [5, 5.41) is 4.22. The summed E-state index contributed by atoms with van der Waals surface area (Å²) >= 11 is 7.38. The van der Waals surface area contributed by atoms with Gasteiger partial charge in [0, 0.05) is 34.4 Å². The van der Waals surface area contributed by atoms with E-state index in [0.29, 0.717) is 33.8 Å². The minimum atomic E-state index is -0.145. The molecule has 0 fully saturated rings. The van der Waals surface area contributed by atoms with Crippen LogP contribution in [0.2, 0.25) is 5.02 Å². The molecule has 154 valence electrons. The van der Waals surface area contributed by atoms with Crippen molar-refractivity contribution in [3.05, 3.63) is 107 Å². The molecule has 1 N–H and O–H groups in total. The number of hydrogen-bond acceptors (Lipinski definition) is 5. The maximum Gasteiger partial charge on any atom is 0.252 e. The minimum absolute atomic E-state index is 0.145. The van der Waals surface area contributed by atoms with Crippen LogP contribution in [0.25, 0.3) is 0 Å². The lowest BCUT2D eigenvalue weighted by Gasteiger charge is -2.10. The number of halogens is 1. The van der Waals surface area contributed by atoms with Crippen molar-refractivity contribution in [3.8, 4) is 11.6 Å². The predicted molar refractivity (Wildman–Crippen MR) is 122 cm³/mol. The Labute approximate surface area is 189 Å². The third-order valence-electron chi connectivity index (χ3n) is 4.29. The van der Waals surface area contributed by atoms with Gasteiger partial charge < -0.3 is 10.1 Å². The van der Waals surface area contributed by atoms with Gasteiger partial charge in [0.15, 0.2) is 5.03 Å². The highest BCUT2D eigenvalue weighted by molar-refractivity contribution is 7.99. The number of carbonyl (C=O) groups is 1. The molecule has 7 heteroatoms. The Kier molecular flexibility index (Phi) is 6.82. The molecule has 0 spiro atoms. The number of aromatic nitrogens is 2. The van der Waals surface area contributed by atoms with Crippen LogP contribution in [0.1, 0.15) is 15.9 Å². The molecule has 0 aliphatic heterocycles. The van der Waals surface area contributed by atoms with E-state index in [2.05, 4.69) is 15.3 Å². The van der Waals surface area contributed by atoms with Crippen LogP contribution < -0.4 is 10.1 Å². The molecule has 0 saturated carbocycles. The monoisotopic (exact) mass is 447 g/mol. The Morgan fingerprint density at radius 1 is 0.903 bits per heavy atom. The summed E-state index contributed by atoms with van der Waals surface area (Å²) in [7, 11) is 0. The quantitative estimate of drug-likeness (QED) is 0.376. The molecule has 0 aliphatic carbocycles. The second-order valence-electron chi connectivity index (χ2n) is 6.52. The van der Waals surface area contributed by atoms with Crippen LogP contribution >= 0.6 is 23.4 Å². The normalized spacial score (nSPS) is 10.5. The average molecular weight is 448 g/mol. The number of carbonyl (C=O) groups excluding carboxylic acids is 1. The molecular weight excluding hydrogens is 430 g/mol. The standard InChI is InChI=1S/C24H18ClN3O2S/c25-19-8-12-21(13-9-19)31-24-23(26-14-15-27-24)30-20-10-6-18(7-11-20)22(29)28-16-17-4-2-1-3-5-17/h1-15H,16H2,(H,28,29). The largest absolute Gasteiger partial charge is 0.437 e. The molecule has 0 aliphatic rings. The number of ether oxygens (including phenoxy) is 1. The average Bonchev–Trinajstić information content (AvgIpc) is 2.81. The Morgan fingerprint density at radius 2 is 1.61 bits per heavy atom. The van der Waals surface area contributed by atoms with Crippen LogP contribution in [0.5, 0.6) is 11.6 Å². The summed E-state index contributed by atoms with van der Waals surface area (Å²) < 4.78 is 5.92. The molecule has 4 rings (SSSR count). The Hall–Kier alpha value is -3.35. The second kappa shape index (κ2) is 10.1. The molecule has 0 saturated heterocycles. The van der Waals surface area contributed by atoms with E-state index < -0.39 is 0 Å². The van der Waals surface area contributed by atoms with E-state index in [9.17, 15) is 4.79 Å². The van der Waals surface area contributed by atoms with Crippen molar-refractivity contribution < 1.29 is 9.53 Å². The van der Waals surface area contributed by atoms with Crippen LogP contribution in [-0.2, 0) is 6.54 Å². The lowest BCUT2D eigenvalue weighted by Crippen LogP contribution is -2.22. The highest BCUT2D eigenvalue weighted by Crippen LogP contribution is 2.34. The summed E-state index contributed by atoms with van der Waals surface area (Å²) in [4.78, 5) is 22.0. The molecule has 0 radical (unpaired) electrons. The molecule has 0 bridgehead atoms. The van der Waals surface area contributed by atoms with E-state index in [1.54, 1.807) is 36.7 Å². The molecule has 1 aromatic heterocycles. The molecule has 5 nitrogen and oxygen atoms in total. The van der Waals surface area contributed by atoms with Crippen molar-refractivity contribution in [2.24, 2.45) is 0 Å². The van der Waals surface area contributed by atoms with Crippen LogP contribution in [0.3, 0.4) is 0 Å². The van der Waals surface area contributed by atoms with Crippen molar-refractivity contribution in [2.75, 3.05) is 0 Å². The second-order valence-corrected chi connectivity index (χ2v) is 8.02. The van der Waals surface area contributed by atoms with Gasteiger partial charge in [-0.25, -0.2) is 9.97 Å². The van der Waals surface area contributed by atoms with Gasteiger partial charge in [0.2, 0.25) is 0 Å². The maximum atomic E-state index is 12.4. The topological polar surface area (TPSA) is 64.1 Å². The van der Waals surface area contributed by atoms with Gasteiger partial charge in [-0.1, -0.05) is 53.7 Å². The lowest BCUT2D eigenvalue weighted by molar-refractivity contribution is 0.0951. The first-order valence-electron chi connectivity index (χ1n) is 9.52. The molecule has 1 heterocycles.